The van der Waals surface area contributed by atoms with E-state index in [2.05, 4.69) is 4.72 Å². The first kappa shape index (κ1) is 18.5. The fourth-order valence-corrected chi connectivity index (χ4v) is 3.40. The molecule has 24 heavy (non-hydrogen) atoms. The van der Waals surface area contributed by atoms with Crippen LogP contribution < -0.4 is 14.2 Å². The van der Waals surface area contributed by atoms with Crippen LogP contribution in [0.2, 0.25) is 0 Å². The monoisotopic (exact) mass is 356 g/mol. The van der Waals surface area contributed by atoms with Gasteiger partial charge < -0.3 is 14.4 Å². The van der Waals surface area contributed by atoms with Crippen molar-refractivity contribution in [1.29, 1.82) is 0 Å². The van der Waals surface area contributed by atoms with Crippen molar-refractivity contribution in [1.82, 2.24) is 9.62 Å². The Balaban J connectivity index is 1.97. The van der Waals surface area contributed by atoms with Crippen LogP contribution in [0.25, 0.3) is 0 Å². The average molecular weight is 356 g/mol. The molecule has 0 atom stereocenters. The molecular weight excluding hydrogens is 332 g/mol. The molecule has 1 N–H and O–H groups in total. The lowest BCUT2D eigenvalue weighted by molar-refractivity contribution is -0.128. The number of unbranched alkanes of at least 4 members (excludes halogenated alkanes) is 1. The van der Waals surface area contributed by atoms with Gasteiger partial charge in [0.05, 0.1) is 4.90 Å². The van der Waals surface area contributed by atoms with Gasteiger partial charge in [0.1, 0.15) is 13.2 Å². The van der Waals surface area contributed by atoms with Gasteiger partial charge in [0.2, 0.25) is 15.9 Å². The zero-order chi connectivity index (χ0) is 17.6. The molecule has 1 heterocycles. The molecule has 1 aromatic carbocycles. The van der Waals surface area contributed by atoms with Crippen molar-refractivity contribution in [2.75, 3.05) is 32.8 Å². The number of carbonyl (C=O) groups excluding carboxylic acids is 1. The molecule has 1 aliphatic heterocycles. The van der Waals surface area contributed by atoms with Gasteiger partial charge in [-0.1, -0.05) is 13.3 Å². The summed E-state index contributed by atoms with van der Waals surface area (Å²) in [6.07, 6.45) is 1.88. The van der Waals surface area contributed by atoms with Gasteiger partial charge in [0.15, 0.2) is 11.5 Å². The highest BCUT2D eigenvalue weighted by Gasteiger charge is 2.19. The Kier molecular flexibility index (Phi) is 6.44. The smallest absolute Gasteiger partial charge is 0.240 e. The molecule has 0 aliphatic carbocycles. The minimum atomic E-state index is -3.66. The summed E-state index contributed by atoms with van der Waals surface area (Å²) in [4.78, 5) is 13.3. The SMILES string of the molecule is CCCCN(CCNS(=O)(=O)c1ccc2c(c1)OCCO2)C(C)=O. The van der Waals surface area contributed by atoms with Gasteiger partial charge in [-0.05, 0) is 18.6 Å². The lowest BCUT2D eigenvalue weighted by Gasteiger charge is -2.21. The Labute approximate surface area is 143 Å². The van der Waals surface area contributed by atoms with E-state index in [4.69, 9.17) is 9.47 Å². The van der Waals surface area contributed by atoms with Gasteiger partial charge >= 0.3 is 0 Å². The van der Waals surface area contributed by atoms with E-state index in [1.54, 1.807) is 11.0 Å². The van der Waals surface area contributed by atoms with Crippen LogP contribution in [0.5, 0.6) is 11.5 Å². The highest BCUT2D eigenvalue weighted by Crippen LogP contribution is 2.32. The molecule has 0 bridgehead atoms. The molecule has 1 aliphatic rings. The Bertz CT molecular complexity index is 675. The second-order valence-electron chi connectivity index (χ2n) is 5.56. The van der Waals surface area contributed by atoms with E-state index in [1.807, 2.05) is 6.92 Å². The van der Waals surface area contributed by atoms with Crippen LogP contribution in [-0.2, 0) is 14.8 Å². The number of carbonyl (C=O) groups is 1. The number of amides is 1. The predicted octanol–water partition coefficient (Wildman–Crippen LogP) is 1.38. The summed E-state index contributed by atoms with van der Waals surface area (Å²) in [5, 5.41) is 0. The second kappa shape index (κ2) is 8.34. The van der Waals surface area contributed by atoms with E-state index in [0.29, 0.717) is 37.8 Å². The van der Waals surface area contributed by atoms with E-state index in [9.17, 15) is 13.2 Å². The quantitative estimate of drug-likeness (QED) is 0.761. The zero-order valence-corrected chi connectivity index (χ0v) is 14.9. The molecule has 7 nitrogen and oxygen atoms in total. The molecule has 1 aromatic rings. The largest absolute Gasteiger partial charge is 0.486 e. The molecule has 0 aromatic heterocycles. The Hall–Kier alpha value is -1.80. The summed E-state index contributed by atoms with van der Waals surface area (Å²) < 4.78 is 38.1. The van der Waals surface area contributed by atoms with Crippen molar-refractivity contribution in [2.24, 2.45) is 0 Å². The number of rotatable bonds is 8. The van der Waals surface area contributed by atoms with Crippen LogP contribution in [0.15, 0.2) is 23.1 Å². The Morgan fingerprint density at radius 3 is 2.58 bits per heavy atom. The highest BCUT2D eigenvalue weighted by molar-refractivity contribution is 7.89. The van der Waals surface area contributed by atoms with Crippen LogP contribution in [0.4, 0.5) is 0 Å². The van der Waals surface area contributed by atoms with Gasteiger partial charge in [-0.3, -0.25) is 4.79 Å². The number of sulfonamides is 1. The summed E-state index contributed by atoms with van der Waals surface area (Å²) in [5.41, 5.74) is 0. The van der Waals surface area contributed by atoms with Crippen molar-refractivity contribution in [3.63, 3.8) is 0 Å². The normalized spacial score (nSPS) is 13.6. The summed E-state index contributed by atoms with van der Waals surface area (Å²) >= 11 is 0. The fourth-order valence-electron chi connectivity index (χ4n) is 2.36. The summed E-state index contributed by atoms with van der Waals surface area (Å²) in [6.45, 7) is 5.54. The molecule has 1 amide bonds. The topological polar surface area (TPSA) is 84.9 Å². The molecule has 2 rings (SSSR count). The third kappa shape index (κ3) is 4.85. The number of nitrogens with zero attached hydrogens (tertiary/aromatic N) is 1. The van der Waals surface area contributed by atoms with Crippen molar-refractivity contribution >= 4 is 15.9 Å². The van der Waals surface area contributed by atoms with E-state index in [-0.39, 0.29) is 17.3 Å². The first-order chi connectivity index (χ1) is 11.4. The van der Waals surface area contributed by atoms with Gasteiger partial charge in [0, 0.05) is 32.6 Å². The molecule has 0 saturated carbocycles. The lowest BCUT2D eigenvalue weighted by Crippen LogP contribution is -2.38. The lowest BCUT2D eigenvalue weighted by atomic mass is 10.3. The molecule has 0 unspecified atom stereocenters. The van der Waals surface area contributed by atoms with E-state index in [0.717, 1.165) is 12.8 Å². The first-order valence-corrected chi connectivity index (χ1v) is 9.57. The first-order valence-electron chi connectivity index (χ1n) is 8.09. The van der Waals surface area contributed by atoms with Crippen molar-refractivity contribution in [3.05, 3.63) is 18.2 Å². The van der Waals surface area contributed by atoms with Crippen LogP contribution in [-0.4, -0.2) is 52.1 Å². The number of fused-ring (bicyclic) bond motifs is 1. The molecule has 0 fully saturated rings. The van der Waals surface area contributed by atoms with E-state index >= 15 is 0 Å². The van der Waals surface area contributed by atoms with Crippen molar-refractivity contribution in [3.8, 4) is 11.5 Å². The van der Waals surface area contributed by atoms with Crippen LogP contribution in [0.1, 0.15) is 26.7 Å². The van der Waals surface area contributed by atoms with Gasteiger partial charge in [-0.15, -0.1) is 0 Å². The number of nitrogens with one attached hydrogen (secondary N) is 1. The number of hydrogen-bond donors (Lipinski definition) is 1. The third-order valence-corrected chi connectivity index (χ3v) is 5.18. The van der Waals surface area contributed by atoms with E-state index in [1.165, 1.54) is 19.1 Å². The third-order valence-electron chi connectivity index (χ3n) is 3.72. The van der Waals surface area contributed by atoms with E-state index < -0.39 is 10.0 Å². The highest BCUT2D eigenvalue weighted by atomic mass is 32.2. The minimum Gasteiger partial charge on any atom is -0.486 e. The Morgan fingerprint density at radius 2 is 1.92 bits per heavy atom. The number of ether oxygens (including phenoxy) is 2. The van der Waals surface area contributed by atoms with Crippen LogP contribution >= 0.6 is 0 Å². The van der Waals surface area contributed by atoms with Crippen LogP contribution in [0.3, 0.4) is 0 Å². The molecule has 134 valence electrons. The molecule has 0 saturated heterocycles. The molecule has 0 spiro atoms. The Morgan fingerprint density at radius 1 is 1.21 bits per heavy atom. The maximum Gasteiger partial charge on any atom is 0.240 e. The zero-order valence-electron chi connectivity index (χ0n) is 14.1. The average Bonchev–Trinajstić information content (AvgIpc) is 2.57. The fraction of sp³-hybridized carbons (Fsp3) is 0.562. The van der Waals surface area contributed by atoms with Gasteiger partial charge in [-0.2, -0.15) is 0 Å². The maximum atomic E-state index is 12.4. The molecular formula is C16H24N2O5S. The summed E-state index contributed by atoms with van der Waals surface area (Å²) in [7, 11) is -3.66. The maximum absolute atomic E-state index is 12.4. The predicted molar refractivity (Wildman–Crippen MR) is 89.8 cm³/mol. The minimum absolute atomic E-state index is 0.0537. The van der Waals surface area contributed by atoms with Crippen molar-refractivity contribution < 1.29 is 22.7 Å². The van der Waals surface area contributed by atoms with Gasteiger partial charge in [0.25, 0.3) is 0 Å². The molecule has 0 radical (unpaired) electrons. The number of benzene rings is 1. The standard InChI is InChI=1S/C16H24N2O5S/c1-3-4-8-18(13(2)19)9-7-17-24(20,21)14-5-6-15-16(12-14)23-11-10-22-15/h5-6,12,17H,3-4,7-11H2,1-2H3. The number of hydrogen-bond acceptors (Lipinski definition) is 5. The summed E-state index contributed by atoms with van der Waals surface area (Å²) in [5.74, 6) is 0.918. The van der Waals surface area contributed by atoms with Crippen molar-refractivity contribution in [2.45, 2.75) is 31.6 Å². The van der Waals surface area contributed by atoms with Gasteiger partial charge in [-0.25, -0.2) is 13.1 Å². The molecule has 8 heteroatoms. The second-order valence-corrected chi connectivity index (χ2v) is 7.33. The summed E-state index contributed by atoms with van der Waals surface area (Å²) in [6, 6.07) is 4.53. The van der Waals surface area contributed by atoms with Crippen LogP contribution in [0, 0.1) is 0 Å².